The zero-order valence-electron chi connectivity index (χ0n) is 18.1. The van der Waals surface area contributed by atoms with Crippen LogP contribution in [0, 0.1) is 11.6 Å². The first kappa shape index (κ1) is 21.3. The quantitative estimate of drug-likeness (QED) is 0.622. The summed E-state index contributed by atoms with van der Waals surface area (Å²) in [6.07, 6.45) is 1.84. The Kier molecular flexibility index (Phi) is 5.44. The smallest absolute Gasteiger partial charge is 0.253 e. The molecule has 0 aliphatic carbocycles. The first-order valence-electron chi connectivity index (χ1n) is 11.2. The van der Waals surface area contributed by atoms with Gasteiger partial charge in [-0.05, 0) is 59.9 Å². The highest BCUT2D eigenvalue weighted by Gasteiger charge is 2.51. The van der Waals surface area contributed by atoms with Gasteiger partial charge in [0, 0.05) is 31.0 Å². The van der Waals surface area contributed by atoms with Gasteiger partial charge in [-0.25, -0.2) is 8.78 Å². The summed E-state index contributed by atoms with van der Waals surface area (Å²) in [6, 6.07) is 19.9. The van der Waals surface area contributed by atoms with E-state index in [0.717, 1.165) is 11.1 Å². The average Bonchev–Trinajstić information content (AvgIpc) is 3.17. The van der Waals surface area contributed by atoms with Crippen molar-refractivity contribution in [3.8, 4) is 11.1 Å². The highest BCUT2D eigenvalue weighted by atomic mass is 19.1. The molecule has 0 aromatic heterocycles. The van der Waals surface area contributed by atoms with Gasteiger partial charge in [0.2, 0.25) is 5.91 Å². The van der Waals surface area contributed by atoms with Gasteiger partial charge in [0.25, 0.3) is 5.91 Å². The monoisotopic (exact) mass is 446 g/mol. The third-order valence-corrected chi connectivity index (χ3v) is 6.81. The summed E-state index contributed by atoms with van der Waals surface area (Å²) in [7, 11) is 0. The molecule has 33 heavy (non-hydrogen) atoms. The lowest BCUT2D eigenvalue weighted by Gasteiger charge is -2.39. The number of carbonyl (C=O) groups excluding carboxylic acids is 2. The minimum Gasteiger partial charge on any atom is -0.348 e. The fraction of sp³-hybridized carbons (Fsp3) is 0.259. The predicted molar refractivity (Wildman–Crippen MR) is 122 cm³/mol. The molecule has 1 N–H and O–H groups in total. The van der Waals surface area contributed by atoms with Gasteiger partial charge in [-0.3, -0.25) is 9.59 Å². The van der Waals surface area contributed by atoms with Gasteiger partial charge in [0.15, 0.2) is 0 Å². The van der Waals surface area contributed by atoms with Crippen molar-refractivity contribution in [2.75, 3.05) is 13.1 Å². The molecular weight excluding hydrogens is 422 g/mol. The second-order valence-corrected chi connectivity index (χ2v) is 8.91. The number of piperidine rings is 1. The zero-order chi connectivity index (χ0) is 23.0. The molecule has 2 atom stereocenters. The molecule has 0 bridgehead atoms. The van der Waals surface area contributed by atoms with E-state index in [2.05, 4.69) is 5.32 Å². The Morgan fingerprint density at radius 2 is 1.76 bits per heavy atom. The Morgan fingerprint density at radius 3 is 2.52 bits per heavy atom. The summed E-state index contributed by atoms with van der Waals surface area (Å²) in [4.78, 5) is 27.6. The van der Waals surface area contributed by atoms with E-state index in [0.29, 0.717) is 43.5 Å². The first-order chi connectivity index (χ1) is 15.9. The van der Waals surface area contributed by atoms with Crippen LogP contribution in [-0.4, -0.2) is 35.3 Å². The molecule has 2 aliphatic rings. The van der Waals surface area contributed by atoms with Gasteiger partial charge in [-0.15, -0.1) is 0 Å². The molecule has 2 fully saturated rings. The normalized spacial score (nSPS) is 22.4. The van der Waals surface area contributed by atoms with Crippen LogP contribution < -0.4 is 5.32 Å². The number of hydrogen-bond acceptors (Lipinski definition) is 2. The van der Waals surface area contributed by atoms with Gasteiger partial charge >= 0.3 is 0 Å². The van der Waals surface area contributed by atoms with Crippen LogP contribution in [0.3, 0.4) is 0 Å². The van der Waals surface area contributed by atoms with Crippen molar-refractivity contribution in [2.45, 2.75) is 30.7 Å². The van der Waals surface area contributed by atoms with Crippen molar-refractivity contribution in [3.63, 3.8) is 0 Å². The molecule has 3 aromatic carbocycles. The Balaban J connectivity index is 1.47. The number of nitrogens with zero attached hydrogens (tertiary/aromatic N) is 1. The molecule has 2 heterocycles. The van der Waals surface area contributed by atoms with E-state index in [9.17, 15) is 18.4 Å². The van der Waals surface area contributed by atoms with E-state index in [4.69, 9.17) is 0 Å². The van der Waals surface area contributed by atoms with Gasteiger partial charge in [0.1, 0.15) is 11.6 Å². The minimum absolute atomic E-state index is 0.0600. The van der Waals surface area contributed by atoms with E-state index in [1.165, 1.54) is 18.2 Å². The number of amides is 2. The third-order valence-electron chi connectivity index (χ3n) is 6.81. The lowest BCUT2D eigenvalue weighted by atomic mass is 9.76. The topological polar surface area (TPSA) is 49.4 Å². The first-order valence-corrected chi connectivity index (χ1v) is 11.2. The molecule has 5 rings (SSSR count). The molecule has 2 aliphatic heterocycles. The highest BCUT2D eigenvalue weighted by molar-refractivity contribution is 5.96. The Morgan fingerprint density at radius 1 is 0.970 bits per heavy atom. The van der Waals surface area contributed by atoms with Gasteiger partial charge < -0.3 is 10.2 Å². The lowest BCUT2D eigenvalue weighted by Crippen LogP contribution is -2.56. The number of benzene rings is 3. The Bertz CT molecular complexity index is 1210. The largest absolute Gasteiger partial charge is 0.348 e. The molecular formula is C27H24F2N2O2. The fourth-order valence-electron chi connectivity index (χ4n) is 5.22. The molecule has 2 amide bonds. The second-order valence-electron chi connectivity index (χ2n) is 8.91. The molecule has 6 heteroatoms. The SMILES string of the molecule is O=C1CCC[C@]2(CN(C(=O)c3cccc(-c4ccc(F)cc4)c3)C[C@H]2c2ccccc2F)N1. The van der Waals surface area contributed by atoms with Crippen LogP contribution in [0.1, 0.15) is 41.1 Å². The van der Waals surface area contributed by atoms with Crippen LogP contribution in [-0.2, 0) is 4.79 Å². The number of rotatable bonds is 3. The van der Waals surface area contributed by atoms with Crippen molar-refractivity contribution in [1.29, 1.82) is 0 Å². The number of hydrogen-bond donors (Lipinski definition) is 1. The number of likely N-dealkylation sites (tertiary alicyclic amines) is 1. The van der Waals surface area contributed by atoms with Gasteiger partial charge in [-0.2, -0.15) is 0 Å². The summed E-state index contributed by atoms with van der Waals surface area (Å²) >= 11 is 0. The third kappa shape index (κ3) is 4.01. The van der Waals surface area contributed by atoms with E-state index in [-0.39, 0.29) is 29.4 Å². The van der Waals surface area contributed by atoms with E-state index >= 15 is 0 Å². The van der Waals surface area contributed by atoms with E-state index < -0.39 is 5.54 Å². The van der Waals surface area contributed by atoms with Crippen LogP contribution in [0.25, 0.3) is 11.1 Å². The van der Waals surface area contributed by atoms with E-state index in [1.807, 2.05) is 6.07 Å². The number of halogens is 2. The molecule has 1 spiro atoms. The van der Waals surface area contributed by atoms with Crippen LogP contribution in [0.4, 0.5) is 8.78 Å². The zero-order valence-corrected chi connectivity index (χ0v) is 18.1. The second kappa shape index (κ2) is 8.43. The summed E-state index contributed by atoms with van der Waals surface area (Å²) in [5.74, 6) is -1.20. The van der Waals surface area contributed by atoms with E-state index in [1.54, 1.807) is 53.4 Å². The summed E-state index contributed by atoms with van der Waals surface area (Å²) in [6.45, 7) is 0.651. The molecule has 168 valence electrons. The van der Waals surface area contributed by atoms with Crippen LogP contribution in [0.15, 0.2) is 72.8 Å². The fourth-order valence-corrected chi connectivity index (χ4v) is 5.22. The maximum Gasteiger partial charge on any atom is 0.253 e. The van der Waals surface area contributed by atoms with Crippen molar-refractivity contribution >= 4 is 11.8 Å². The molecule has 4 nitrogen and oxygen atoms in total. The van der Waals surface area contributed by atoms with Crippen LogP contribution in [0.2, 0.25) is 0 Å². The lowest BCUT2D eigenvalue weighted by molar-refractivity contribution is -0.125. The standard InChI is InChI=1S/C27H24F2N2O2/c28-21-12-10-18(11-13-21)19-5-3-6-20(15-19)26(33)31-16-23(22-7-1-2-8-24(22)29)27(17-31)14-4-9-25(32)30-27/h1-3,5-8,10-13,15,23H,4,9,14,16-17H2,(H,30,32)/t23-,27+/m0/s1. The van der Waals surface area contributed by atoms with Gasteiger partial charge in [-0.1, -0.05) is 42.5 Å². The number of carbonyl (C=O) groups is 2. The summed E-state index contributed by atoms with van der Waals surface area (Å²) in [5, 5.41) is 3.11. The van der Waals surface area contributed by atoms with Crippen LogP contribution in [0.5, 0.6) is 0 Å². The minimum atomic E-state index is -0.679. The maximum absolute atomic E-state index is 14.8. The average molecular weight is 446 g/mol. The van der Waals surface area contributed by atoms with Crippen molar-refractivity contribution < 1.29 is 18.4 Å². The van der Waals surface area contributed by atoms with Crippen molar-refractivity contribution in [3.05, 3.63) is 95.6 Å². The maximum atomic E-state index is 14.8. The molecule has 3 aromatic rings. The molecule has 2 saturated heterocycles. The summed E-state index contributed by atoms with van der Waals surface area (Å²) < 4.78 is 28.1. The van der Waals surface area contributed by atoms with Gasteiger partial charge in [0.05, 0.1) is 5.54 Å². The molecule has 0 unspecified atom stereocenters. The highest BCUT2D eigenvalue weighted by Crippen LogP contribution is 2.42. The predicted octanol–water partition coefficient (Wildman–Crippen LogP) is 4.91. The summed E-state index contributed by atoms with van der Waals surface area (Å²) in [5.41, 5.74) is 1.97. The number of nitrogens with one attached hydrogen (secondary N) is 1. The van der Waals surface area contributed by atoms with Crippen LogP contribution >= 0.6 is 0 Å². The molecule has 0 radical (unpaired) electrons. The van der Waals surface area contributed by atoms with Crippen molar-refractivity contribution in [1.82, 2.24) is 10.2 Å². The van der Waals surface area contributed by atoms with Crippen molar-refractivity contribution in [2.24, 2.45) is 0 Å². The molecule has 0 saturated carbocycles. The Hall–Kier alpha value is -3.54. The Labute approximate surface area is 191 Å².